The molecule has 17 heavy (non-hydrogen) atoms. The maximum Gasteiger partial charge on any atom is 0.270 e. The van der Waals surface area contributed by atoms with E-state index in [4.69, 9.17) is 0 Å². The maximum absolute atomic E-state index is 11.8. The summed E-state index contributed by atoms with van der Waals surface area (Å²) >= 11 is 3.26. The lowest BCUT2D eigenvalue weighted by Gasteiger charge is -2.12. The zero-order valence-electron chi connectivity index (χ0n) is 9.10. The molecule has 2 rings (SSSR count). The minimum absolute atomic E-state index is 0.0261. The molecule has 2 heterocycles. The summed E-state index contributed by atoms with van der Waals surface area (Å²) in [6.45, 7) is 1.27. The van der Waals surface area contributed by atoms with Gasteiger partial charge in [-0.2, -0.15) is 0 Å². The Morgan fingerprint density at radius 2 is 2.41 bits per heavy atom. The Morgan fingerprint density at radius 3 is 3.00 bits per heavy atom. The van der Waals surface area contributed by atoms with Crippen molar-refractivity contribution in [2.45, 2.75) is 12.5 Å². The number of halogens is 1. The van der Waals surface area contributed by atoms with Gasteiger partial charge in [0.25, 0.3) is 5.91 Å². The Bertz CT molecular complexity index is 421. The van der Waals surface area contributed by atoms with E-state index in [2.05, 4.69) is 26.2 Å². The number of pyridine rings is 1. The van der Waals surface area contributed by atoms with Crippen LogP contribution < -0.4 is 5.32 Å². The molecule has 2 amide bonds. The number of nitrogens with one attached hydrogen (secondary N) is 1. The van der Waals surface area contributed by atoms with E-state index in [0.717, 1.165) is 17.3 Å². The van der Waals surface area contributed by atoms with Gasteiger partial charge in [0.1, 0.15) is 5.69 Å². The van der Waals surface area contributed by atoms with Gasteiger partial charge < -0.3 is 10.2 Å². The van der Waals surface area contributed by atoms with Crippen LogP contribution in [0.2, 0.25) is 0 Å². The third kappa shape index (κ3) is 3.03. The SMILES string of the molecule is O=CN1CCC(NC(=O)c2ccc(Br)cn2)C1. The van der Waals surface area contributed by atoms with Crippen LogP contribution in [0.5, 0.6) is 0 Å². The van der Waals surface area contributed by atoms with Crippen molar-refractivity contribution in [1.29, 1.82) is 0 Å². The molecule has 1 saturated heterocycles. The summed E-state index contributed by atoms with van der Waals surface area (Å²) in [6.07, 6.45) is 3.19. The Kier molecular flexibility index (Phi) is 3.73. The molecule has 5 nitrogen and oxygen atoms in total. The summed E-state index contributed by atoms with van der Waals surface area (Å²) in [5.41, 5.74) is 0.387. The molecule has 1 unspecified atom stereocenters. The highest BCUT2D eigenvalue weighted by atomic mass is 79.9. The van der Waals surface area contributed by atoms with Crippen molar-refractivity contribution in [3.8, 4) is 0 Å². The summed E-state index contributed by atoms with van der Waals surface area (Å²) in [4.78, 5) is 28.0. The first kappa shape index (κ1) is 12.0. The molecule has 90 valence electrons. The van der Waals surface area contributed by atoms with Gasteiger partial charge in [0.2, 0.25) is 6.41 Å². The standard InChI is InChI=1S/C11H12BrN3O2/c12-8-1-2-10(13-5-8)11(17)14-9-3-4-15(6-9)7-16/h1-2,5,7,9H,3-4,6H2,(H,14,17). The van der Waals surface area contributed by atoms with Crippen molar-refractivity contribution >= 4 is 28.2 Å². The summed E-state index contributed by atoms with van der Waals surface area (Å²) in [5.74, 6) is -0.199. The minimum Gasteiger partial charge on any atom is -0.346 e. The number of amides is 2. The number of aromatic nitrogens is 1. The first-order valence-corrected chi connectivity index (χ1v) is 6.10. The van der Waals surface area contributed by atoms with Gasteiger partial charge in [0.15, 0.2) is 0 Å². The number of hydrogen-bond donors (Lipinski definition) is 1. The molecule has 0 aliphatic carbocycles. The van der Waals surface area contributed by atoms with Crippen LogP contribution >= 0.6 is 15.9 Å². The lowest BCUT2D eigenvalue weighted by Crippen LogP contribution is -2.37. The molecule has 1 aromatic rings. The number of carbonyl (C=O) groups excluding carboxylic acids is 2. The fraction of sp³-hybridized carbons (Fsp3) is 0.364. The van der Waals surface area contributed by atoms with Gasteiger partial charge in [-0.3, -0.25) is 9.59 Å². The highest BCUT2D eigenvalue weighted by molar-refractivity contribution is 9.10. The van der Waals surface area contributed by atoms with Gasteiger partial charge in [-0.05, 0) is 34.5 Å². The summed E-state index contributed by atoms with van der Waals surface area (Å²) in [6, 6.07) is 3.46. The van der Waals surface area contributed by atoms with E-state index in [-0.39, 0.29) is 11.9 Å². The molecule has 1 aromatic heterocycles. The summed E-state index contributed by atoms with van der Waals surface area (Å²) < 4.78 is 0.835. The normalized spacial score (nSPS) is 19.1. The van der Waals surface area contributed by atoms with Gasteiger partial charge in [-0.15, -0.1) is 0 Å². The second-order valence-corrected chi connectivity index (χ2v) is 4.84. The van der Waals surface area contributed by atoms with Gasteiger partial charge in [-0.25, -0.2) is 4.98 Å². The summed E-state index contributed by atoms with van der Waals surface area (Å²) in [5, 5.41) is 2.86. The van der Waals surface area contributed by atoms with Crippen molar-refractivity contribution in [3.05, 3.63) is 28.5 Å². The molecule has 0 radical (unpaired) electrons. The number of nitrogens with zero attached hydrogens (tertiary/aromatic N) is 2. The lowest BCUT2D eigenvalue weighted by atomic mass is 10.2. The summed E-state index contributed by atoms with van der Waals surface area (Å²) in [7, 11) is 0. The molecule has 1 fully saturated rings. The molecule has 0 aromatic carbocycles. The third-order valence-electron chi connectivity index (χ3n) is 2.66. The molecule has 1 atom stereocenters. The highest BCUT2D eigenvalue weighted by Crippen LogP contribution is 2.09. The van der Waals surface area contributed by atoms with Crippen LogP contribution in [0, 0.1) is 0 Å². The number of likely N-dealkylation sites (tertiary alicyclic amines) is 1. The minimum atomic E-state index is -0.199. The largest absolute Gasteiger partial charge is 0.346 e. The zero-order chi connectivity index (χ0) is 12.3. The smallest absolute Gasteiger partial charge is 0.270 e. The van der Waals surface area contributed by atoms with Crippen molar-refractivity contribution in [1.82, 2.24) is 15.2 Å². The first-order chi connectivity index (χ1) is 8.19. The average Bonchev–Trinajstić information content (AvgIpc) is 2.77. The zero-order valence-corrected chi connectivity index (χ0v) is 10.7. The topological polar surface area (TPSA) is 62.3 Å². The predicted octanol–water partition coefficient (Wildman–Crippen LogP) is 0.805. The highest BCUT2D eigenvalue weighted by Gasteiger charge is 2.23. The Balaban J connectivity index is 1.93. The number of carbonyl (C=O) groups is 2. The second-order valence-electron chi connectivity index (χ2n) is 3.92. The monoisotopic (exact) mass is 297 g/mol. The average molecular weight is 298 g/mol. The molecule has 6 heteroatoms. The first-order valence-electron chi connectivity index (χ1n) is 5.31. The van der Waals surface area contributed by atoms with Gasteiger partial charge in [0, 0.05) is 29.8 Å². The van der Waals surface area contributed by atoms with E-state index in [9.17, 15) is 9.59 Å². The van der Waals surface area contributed by atoms with E-state index in [1.807, 2.05) is 0 Å². The van der Waals surface area contributed by atoms with Crippen LogP contribution in [0.3, 0.4) is 0 Å². The lowest BCUT2D eigenvalue weighted by molar-refractivity contribution is -0.117. The molecule has 0 spiro atoms. The molecular weight excluding hydrogens is 286 g/mol. The van der Waals surface area contributed by atoms with Crippen molar-refractivity contribution < 1.29 is 9.59 Å². The van der Waals surface area contributed by atoms with Crippen LogP contribution in [-0.4, -0.2) is 41.3 Å². The van der Waals surface area contributed by atoms with E-state index >= 15 is 0 Å². The van der Waals surface area contributed by atoms with Crippen LogP contribution in [0.4, 0.5) is 0 Å². The quantitative estimate of drug-likeness (QED) is 0.840. The van der Waals surface area contributed by atoms with Crippen molar-refractivity contribution in [3.63, 3.8) is 0 Å². The molecular formula is C11H12BrN3O2. The second kappa shape index (κ2) is 5.27. The molecule has 0 bridgehead atoms. The van der Waals surface area contributed by atoms with Crippen molar-refractivity contribution in [2.24, 2.45) is 0 Å². The molecule has 0 saturated carbocycles. The Hall–Kier alpha value is -1.43. The Morgan fingerprint density at radius 1 is 1.59 bits per heavy atom. The van der Waals surface area contributed by atoms with Gasteiger partial charge in [0.05, 0.1) is 0 Å². The van der Waals surface area contributed by atoms with Gasteiger partial charge >= 0.3 is 0 Å². The Labute approximate surface area is 107 Å². The van der Waals surface area contributed by atoms with Crippen LogP contribution in [0.1, 0.15) is 16.9 Å². The van der Waals surface area contributed by atoms with Crippen LogP contribution in [0.15, 0.2) is 22.8 Å². The van der Waals surface area contributed by atoms with Crippen molar-refractivity contribution in [2.75, 3.05) is 13.1 Å². The van der Waals surface area contributed by atoms with E-state index < -0.39 is 0 Å². The molecule has 1 N–H and O–H groups in total. The molecule has 1 aliphatic rings. The fourth-order valence-corrected chi connectivity index (χ4v) is 2.00. The third-order valence-corrected chi connectivity index (χ3v) is 3.13. The van der Waals surface area contributed by atoms with E-state index in [0.29, 0.717) is 18.8 Å². The number of rotatable bonds is 3. The van der Waals surface area contributed by atoms with Crippen LogP contribution in [-0.2, 0) is 4.79 Å². The fourth-order valence-electron chi connectivity index (χ4n) is 1.77. The van der Waals surface area contributed by atoms with Crippen LogP contribution in [0.25, 0.3) is 0 Å². The van der Waals surface area contributed by atoms with E-state index in [1.165, 1.54) is 0 Å². The van der Waals surface area contributed by atoms with Gasteiger partial charge in [-0.1, -0.05) is 0 Å². The van der Waals surface area contributed by atoms with E-state index in [1.54, 1.807) is 23.2 Å². The predicted molar refractivity (Wildman–Crippen MR) is 65.4 cm³/mol. The number of hydrogen-bond acceptors (Lipinski definition) is 3. The maximum atomic E-state index is 11.8. The molecule has 1 aliphatic heterocycles.